The number of nitrogens with one attached hydrogen (secondary N) is 1. The lowest BCUT2D eigenvalue weighted by atomic mass is 9.94. The molecule has 2 amide bonds. The van der Waals surface area contributed by atoms with Crippen LogP contribution in [0.5, 0.6) is 0 Å². The molecule has 0 aromatic heterocycles. The molecular weight excluding hydrogens is 242 g/mol. The van der Waals surface area contributed by atoms with Crippen molar-refractivity contribution in [1.82, 2.24) is 15.1 Å². The fraction of sp³-hybridized carbons (Fsp3) is 0.857. The van der Waals surface area contributed by atoms with Crippen molar-refractivity contribution in [2.45, 2.75) is 44.2 Å². The third-order valence-electron chi connectivity index (χ3n) is 4.84. The van der Waals surface area contributed by atoms with Crippen LogP contribution in [0.4, 0.5) is 0 Å². The molecule has 3 aliphatic rings. The van der Waals surface area contributed by atoms with Gasteiger partial charge < -0.3 is 15.1 Å². The molecule has 0 spiro atoms. The highest BCUT2D eigenvalue weighted by Crippen LogP contribution is 2.24. The number of fused-ring (bicyclic) bond motifs is 2. The Balaban J connectivity index is 1.62. The van der Waals surface area contributed by atoms with Crippen LogP contribution >= 0.6 is 0 Å². The zero-order chi connectivity index (χ0) is 13.4. The number of carbonyl (C=O) groups is 2. The minimum Gasteiger partial charge on any atom is -0.346 e. The van der Waals surface area contributed by atoms with Gasteiger partial charge in [-0.25, -0.2) is 0 Å². The molecule has 3 fully saturated rings. The number of hydrogen-bond donors (Lipinski definition) is 1. The number of piperidine rings is 1. The quantitative estimate of drug-likeness (QED) is 0.737. The van der Waals surface area contributed by atoms with Crippen LogP contribution < -0.4 is 5.32 Å². The first kappa shape index (κ1) is 12.9. The van der Waals surface area contributed by atoms with E-state index in [1.54, 1.807) is 4.90 Å². The van der Waals surface area contributed by atoms with Crippen LogP contribution in [-0.4, -0.2) is 60.4 Å². The molecule has 0 aromatic carbocycles. The predicted octanol–water partition coefficient (Wildman–Crippen LogP) is 0.208. The summed E-state index contributed by atoms with van der Waals surface area (Å²) < 4.78 is 0. The predicted molar refractivity (Wildman–Crippen MR) is 71.5 cm³/mol. The van der Waals surface area contributed by atoms with E-state index in [9.17, 15) is 9.59 Å². The van der Waals surface area contributed by atoms with Crippen molar-refractivity contribution in [3.63, 3.8) is 0 Å². The topological polar surface area (TPSA) is 52.7 Å². The Morgan fingerprint density at radius 3 is 2.74 bits per heavy atom. The van der Waals surface area contributed by atoms with Crippen molar-refractivity contribution in [2.75, 3.05) is 26.7 Å². The van der Waals surface area contributed by atoms with E-state index < -0.39 is 0 Å². The molecule has 5 nitrogen and oxygen atoms in total. The van der Waals surface area contributed by atoms with Gasteiger partial charge in [-0.3, -0.25) is 9.59 Å². The molecule has 3 saturated heterocycles. The van der Waals surface area contributed by atoms with Gasteiger partial charge in [0.2, 0.25) is 11.8 Å². The lowest BCUT2D eigenvalue weighted by Crippen LogP contribution is -2.46. The van der Waals surface area contributed by atoms with E-state index in [1.807, 2.05) is 11.9 Å². The summed E-state index contributed by atoms with van der Waals surface area (Å²) in [4.78, 5) is 28.0. The summed E-state index contributed by atoms with van der Waals surface area (Å²) in [7, 11) is 1.82. The molecule has 106 valence electrons. The van der Waals surface area contributed by atoms with Gasteiger partial charge in [-0.05, 0) is 25.7 Å². The largest absolute Gasteiger partial charge is 0.346 e. The molecule has 3 heterocycles. The molecule has 3 rings (SSSR count). The Labute approximate surface area is 114 Å². The molecule has 0 aromatic rings. The van der Waals surface area contributed by atoms with Gasteiger partial charge in [0.05, 0.1) is 0 Å². The first-order chi connectivity index (χ1) is 9.13. The van der Waals surface area contributed by atoms with Gasteiger partial charge >= 0.3 is 0 Å². The normalized spacial score (nSPS) is 35.4. The van der Waals surface area contributed by atoms with Crippen LogP contribution in [0.1, 0.15) is 32.1 Å². The van der Waals surface area contributed by atoms with Crippen molar-refractivity contribution < 1.29 is 9.59 Å². The lowest BCUT2D eigenvalue weighted by Gasteiger charge is -2.32. The molecule has 0 radical (unpaired) electrons. The summed E-state index contributed by atoms with van der Waals surface area (Å²) in [6.45, 7) is 2.40. The Hall–Kier alpha value is -1.10. The number of carbonyl (C=O) groups excluding carboxylic acids is 2. The lowest BCUT2D eigenvalue weighted by molar-refractivity contribution is -0.144. The van der Waals surface area contributed by atoms with E-state index in [0.29, 0.717) is 25.0 Å². The van der Waals surface area contributed by atoms with Crippen LogP contribution in [0.3, 0.4) is 0 Å². The second kappa shape index (κ2) is 5.12. The molecule has 1 N–H and O–H groups in total. The fourth-order valence-electron chi connectivity index (χ4n) is 3.56. The number of nitrogens with zero attached hydrogens (tertiary/aromatic N) is 2. The minimum absolute atomic E-state index is 0.0830. The van der Waals surface area contributed by atoms with E-state index >= 15 is 0 Å². The summed E-state index contributed by atoms with van der Waals surface area (Å²) in [6.07, 6.45) is 4.70. The maximum absolute atomic E-state index is 12.6. The maximum Gasteiger partial charge on any atom is 0.226 e. The molecule has 5 heteroatoms. The molecular formula is C14H23N3O2. The molecule has 0 aliphatic carbocycles. The van der Waals surface area contributed by atoms with E-state index in [0.717, 1.165) is 25.9 Å². The summed E-state index contributed by atoms with van der Waals surface area (Å²) >= 11 is 0. The van der Waals surface area contributed by atoms with Gasteiger partial charge in [-0.15, -0.1) is 0 Å². The standard InChI is InChI=1S/C14H23N3O2/c1-16-6-4-10(8-13(16)18)14(19)17-7-5-11-2-3-12(9-17)15-11/h10-12,15H,2-9H2,1H3. The molecule has 2 bridgehead atoms. The van der Waals surface area contributed by atoms with Crippen molar-refractivity contribution >= 4 is 11.8 Å². The van der Waals surface area contributed by atoms with Crippen molar-refractivity contribution in [2.24, 2.45) is 5.92 Å². The molecule has 3 unspecified atom stereocenters. The molecule has 3 aliphatic heterocycles. The van der Waals surface area contributed by atoms with Gasteiger partial charge in [0.15, 0.2) is 0 Å². The van der Waals surface area contributed by atoms with Gasteiger partial charge in [0, 0.05) is 51.1 Å². The Morgan fingerprint density at radius 1 is 1.16 bits per heavy atom. The summed E-state index contributed by atoms with van der Waals surface area (Å²) in [6, 6.07) is 1.07. The smallest absolute Gasteiger partial charge is 0.226 e. The van der Waals surface area contributed by atoms with E-state index in [-0.39, 0.29) is 17.7 Å². The number of amides is 2. The minimum atomic E-state index is -0.0830. The van der Waals surface area contributed by atoms with Gasteiger partial charge in [0.1, 0.15) is 0 Å². The number of hydrogen-bond acceptors (Lipinski definition) is 3. The SMILES string of the molecule is CN1CCC(C(=O)N2CCC3CCC(C2)N3)CC1=O. The Morgan fingerprint density at radius 2 is 1.95 bits per heavy atom. The summed E-state index contributed by atoms with van der Waals surface area (Å²) in [5.41, 5.74) is 0. The molecule has 0 saturated carbocycles. The van der Waals surface area contributed by atoms with Crippen LogP contribution in [0.15, 0.2) is 0 Å². The zero-order valence-corrected chi connectivity index (χ0v) is 11.6. The average Bonchev–Trinajstić information content (AvgIpc) is 2.72. The third kappa shape index (κ3) is 2.61. The van der Waals surface area contributed by atoms with E-state index in [2.05, 4.69) is 5.32 Å². The summed E-state index contributed by atoms with van der Waals surface area (Å²) in [5.74, 6) is 0.232. The van der Waals surface area contributed by atoms with Crippen LogP contribution in [0.2, 0.25) is 0 Å². The maximum atomic E-state index is 12.6. The zero-order valence-electron chi connectivity index (χ0n) is 11.6. The highest BCUT2D eigenvalue weighted by molar-refractivity contribution is 5.87. The Kier molecular flexibility index (Phi) is 3.48. The number of rotatable bonds is 1. The second-order valence-corrected chi connectivity index (χ2v) is 6.22. The summed E-state index contributed by atoms with van der Waals surface area (Å²) in [5, 5.41) is 3.59. The third-order valence-corrected chi connectivity index (χ3v) is 4.84. The van der Waals surface area contributed by atoms with Gasteiger partial charge in [-0.2, -0.15) is 0 Å². The fourth-order valence-corrected chi connectivity index (χ4v) is 3.56. The van der Waals surface area contributed by atoms with Gasteiger partial charge in [-0.1, -0.05) is 0 Å². The molecule has 3 atom stereocenters. The van der Waals surface area contributed by atoms with Crippen LogP contribution in [0.25, 0.3) is 0 Å². The highest BCUT2D eigenvalue weighted by Gasteiger charge is 2.35. The highest BCUT2D eigenvalue weighted by atomic mass is 16.2. The van der Waals surface area contributed by atoms with Crippen LogP contribution in [-0.2, 0) is 9.59 Å². The van der Waals surface area contributed by atoms with E-state index in [4.69, 9.17) is 0 Å². The van der Waals surface area contributed by atoms with E-state index in [1.165, 1.54) is 12.8 Å². The first-order valence-corrected chi connectivity index (χ1v) is 7.42. The van der Waals surface area contributed by atoms with Gasteiger partial charge in [0.25, 0.3) is 0 Å². The Bertz CT molecular complexity index is 385. The molecule has 19 heavy (non-hydrogen) atoms. The van der Waals surface area contributed by atoms with Crippen LogP contribution in [0, 0.1) is 5.92 Å². The average molecular weight is 265 g/mol. The number of likely N-dealkylation sites (tertiary alicyclic amines) is 2. The van der Waals surface area contributed by atoms with Crippen molar-refractivity contribution in [3.05, 3.63) is 0 Å². The van der Waals surface area contributed by atoms with Crippen molar-refractivity contribution in [3.8, 4) is 0 Å². The first-order valence-electron chi connectivity index (χ1n) is 7.42. The monoisotopic (exact) mass is 265 g/mol. The van der Waals surface area contributed by atoms with Crippen molar-refractivity contribution in [1.29, 1.82) is 0 Å². The second-order valence-electron chi connectivity index (χ2n) is 6.22.